The number of hydrogen-bond acceptors (Lipinski definition) is 4. The van der Waals surface area contributed by atoms with Crippen LogP contribution in [0, 0.1) is 5.41 Å². The highest BCUT2D eigenvalue weighted by Gasteiger charge is 2.40. The number of piperidine rings is 2. The monoisotopic (exact) mass is 374 g/mol. The van der Waals surface area contributed by atoms with Crippen LogP contribution in [0.2, 0.25) is 0 Å². The third-order valence-corrected chi connectivity index (χ3v) is 6.34. The molecule has 1 atom stereocenters. The van der Waals surface area contributed by atoms with Gasteiger partial charge in [0, 0.05) is 39.8 Å². The first kappa shape index (κ1) is 20.3. The quantitative estimate of drug-likeness (QED) is 0.711. The Hall–Kier alpha value is -1.43. The minimum Gasteiger partial charge on any atom is -0.388 e. The maximum atomic E-state index is 12.2. The van der Waals surface area contributed by atoms with Crippen LogP contribution in [0.3, 0.4) is 0 Å². The zero-order chi connectivity index (χ0) is 19.1. The molecule has 150 valence electrons. The molecule has 2 aliphatic rings. The molecule has 2 fully saturated rings. The SMILES string of the molecule is COCCCN1CC2(CCC1=O)CCN(CC[C@H](O)c1ccccc1)CC2. The molecular formula is C22H34N2O3. The van der Waals surface area contributed by atoms with Gasteiger partial charge in [-0.1, -0.05) is 30.3 Å². The minimum absolute atomic E-state index is 0.301. The third kappa shape index (κ3) is 5.53. The van der Waals surface area contributed by atoms with Gasteiger partial charge in [0.2, 0.25) is 5.91 Å². The third-order valence-electron chi connectivity index (χ3n) is 6.34. The van der Waals surface area contributed by atoms with Gasteiger partial charge in [-0.15, -0.1) is 0 Å². The lowest BCUT2D eigenvalue weighted by Crippen LogP contribution is -2.51. The Morgan fingerprint density at radius 1 is 1.15 bits per heavy atom. The maximum absolute atomic E-state index is 12.2. The van der Waals surface area contributed by atoms with Gasteiger partial charge in [-0.05, 0) is 56.2 Å². The average molecular weight is 375 g/mol. The van der Waals surface area contributed by atoms with Gasteiger partial charge in [-0.3, -0.25) is 4.79 Å². The van der Waals surface area contributed by atoms with Crippen molar-refractivity contribution < 1.29 is 14.6 Å². The number of carbonyl (C=O) groups excluding carboxylic acids is 1. The lowest BCUT2D eigenvalue weighted by atomic mass is 9.72. The number of hydrogen-bond donors (Lipinski definition) is 1. The summed E-state index contributed by atoms with van der Waals surface area (Å²) in [5.74, 6) is 0.310. The van der Waals surface area contributed by atoms with Gasteiger partial charge < -0.3 is 19.6 Å². The molecule has 0 aromatic heterocycles. The van der Waals surface area contributed by atoms with Crippen molar-refractivity contribution in [3.8, 4) is 0 Å². The summed E-state index contributed by atoms with van der Waals surface area (Å²) in [4.78, 5) is 16.8. The number of carbonyl (C=O) groups is 1. The molecule has 0 bridgehead atoms. The number of ether oxygens (including phenoxy) is 1. The fourth-order valence-electron chi connectivity index (χ4n) is 4.51. The minimum atomic E-state index is -0.384. The topological polar surface area (TPSA) is 53.0 Å². The van der Waals surface area contributed by atoms with Gasteiger partial charge in [-0.2, -0.15) is 0 Å². The highest BCUT2D eigenvalue weighted by atomic mass is 16.5. The molecule has 0 saturated carbocycles. The van der Waals surface area contributed by atoms with Crippen LogP contribution in [-0.4, -0.2) is 67.3 Å². The predicted octanol–water partition coefficient (Wildman–Crippen LogP) is 2.85. The molecular weight excluding hydrogens is 340 g/mol. The van der Waals surface area contributed by atoms with Crippen LogP contribution in [-0.2, 0) is 9.53 Å². The van der Waals surface area contributed by atoms with Gasteiger partial charge in [0.05, 0.1) is 6.10 Å². The second kappa shape index (κ2) is 9.67. The van der Waals surface area contributed by atoms with Crippen LogP contribution >= 0.6 is 0 Å². The van der Waals surface area contributed by atoms with Crippen molar-refractivity contribution in [3.05, 3.63) is 35.9 Å². The van der Waals surface area contributed by atoms with Gasteiger partial charge in [0.15, 0.2) is 0 Å². The number of benzene rings is 1. The van der Waals surface area contributed by atoms with E-state index >= 15 is 0 Å². The van der Waals surface area contributed by atoms with Crippen molar-refractivity contribution in [1.29, 1.82) is 0 Å². The molecule has 1 aromatic carbocycles. The second-order valence-corrected chi connectivity index (χ2v) is 8.22. The van der Waals surface area contributed by atoms with Crippen LogP contribution in [0.25, 0.3) is 0 Å². The molecule has 1 N–H and O–H groups in total. The maximum Gasteiger partial charge on any atom is 0.222 e. The molecule has 0 unspecified atom stereocenters. The van der Waals surface area contributed by atoms with Gasteiger partial charge in [0.1, 0.15) is 0 Å². The number of methoxy groups -OCH3 is 1. The number of aliphatic hydroxyl groups excluding tert-OH is 1. The summed E-state index contributed by atoms with van der Waals surface area (Å²) in [7, 11) is 1.71. The molecule has 0 radical (unpaired) electrons. The summed E-state index contributed by atoms with van der Waals surface area (Å²) in [5, 5.41) is 10.4. The lowest BCUT2D eigenvalue weighted by Gasteiger charge is -2.47. The van der Waals surface area contributed by atoms with Gasteiger partial charge >= 0.3 is 0 Å². The Kier molecular flexibility index (Phi) is 7.27. The Morgan fingerprint density at radius 2 is 1.89 bits per heavy atom. The molecule has 0 aliphatic carbocycles. The van der Waals surface area contributed by atoms with E-state index in [-0.39, 0.29) is 6.10 Å². The fourth-order valence-corrected chi connectivity index (χ4v) is 4.51. The molecule has 27 heavy (non-hydrogen) atoms. The molecule has 5 nitrogen and oxygen atoms in total. The zero-order valence-electron chi connectivity index (χ0n) is 16.6. The second-order valence-electron chi connectivity index (χ2n) is 8.22. The first-order valence-electron chi connectivity index (χ1n) is 10.3. The molecule has 5 heteroatoms. The van der Waals surface area contributed by atoms with Crippen LogP contribution in [0.5, 0.6) is 0 Å². The van der Waals surface area contributed by atoms with E-state index in [2.05, 4.69) is 9.80 Å². The van der Waals surface area contributed by atoms with Crippen LogP contribution in [0.15, 0.2) is 30.3 Å². The normalized spacial score (nSPS) is 21.6. The Bertz CT molecular complexity index is 584. The van der Waals surface area contributed by atoms with Crippen LogP contribution < -0.4 is 0 Å². The summed E-state index contributed by atoms with van der Waals surface area (Å²) >= 11 is 0. The Balaban J connectivity index is 1.44. The fraction of sp³-hybridized carbons (Fsp3) is 0.682. The zero-order valence-corrected chi connectivity index (χ0v) is 16.6. The largest absolute Gasteiger partial charge is 0.388 e. The summed E-state index contributed by atoms with van der Waals surface area (Å²) in [6, 6.07) is 9.92. The number of nitrogens with zero attached hydrogens (tertiary/aromatic N) is 2. The van der Waals surface area contributed by atoms with E-state index < -0.39 is 0 Å². The van der Waals surface area contributed by atoms with Crippen molar-refractivity contribution in [2.75, 3.05) is 46.4 Å². The summed E-state index contributed by atoms with van der Waals surface area (Å²) < 4.78 is 5.13. The summed E-state index contributed by atoms with van der Waals surface area (Å²) in [6.45, 7) is 5.53. The number of rotatable bonds is 8. The Labute approximate surface area is 163 Å². The van der Waals surface area contributed by atoms with Crippen LogP contribution in [0.1, 0.15) is 50.2 Å². The smallest absolute Gasteiger partial charge is 0.222 e. The molecule has 1 aromatic rings. The molecule has 2 heterocycles. The summed E-state index contributed by atoms with van der Waals surface area (Å²) in [6.07, 6.45) is 5.35. The van der Waals surface area contributed by atoms with E-state index in [1.54, 1.807) is 7.11 Å². The predicted molar refractivity (Wildman–Crippen MR) is 106 cm³/mol. The molecule has 1 amide bonds. The molecule has 2 saturated heterocycles. The standard InChI is InChI=1S/C22H34N2O3/c1-27-17-5-13-24-18-22(10-8-21(24)26)11-15-23(16-12-22)14-9-20(25)19-6-3-2-4-7-19/h2-4,6-7,20,25H,5,8-18H2,1H3/t20-/m0/s1. The highest BCUT2D eigenvalue weighted by molar-refractivity contribution is 5.77. The van der Waals surface area contributed by atoms with E-state index in [1.807, 2.05) is 30.3 Å². The van der Waals surface area contributed by atoms with Crippen molar-refractivity contribution in [2.24, 2.45) is 5.41 Å². The van der Waals surface area contributed by atoms with Crippen molar-refractivity contribution >= 4 is 5.91 Å². The van der Waals surface area contributed by atoms with Gasteiger partial charge in [-0.25, -0.2) is 0 Å². The van der Waals surface area contributed by atoms with E-state index in [9.17, 15) is 9.90 Å². The van der Waals surface area contributed by atoms with Crippen molar-refractivity contribution in [1.82, 2.24) is 9.80 Å². The summed E-state index contributed by atoms with van der Waals surface area (Å²) in [5.41, 5.74) is 1.30. The number of likely N-dealkylation sites (tertiary alicyclic amines) is 2. The van der Waals surface area contributed by atoms with Gasteiger partial charge in [0.25, 0.3) is 0 Å². The number of aliphatic hydroxyl groups is 1. The van der Waals surface area contributed by atoms with E-state index in [0.29, 0.717) is 24.3 Å². The van der Waals surface area contributed by atoms with E-state index in [0.717, 1.165) is 70.4 Å². The van der Waals surface area contributed by atoms with Crippen molar-refractivity contribution in [2.45, 2.75) is 44.6 Å². The first-order valence-corrected chi connectivity index (χ1v) is 10.3. The Morgan fingerprint density at radius 3 is 2.59 bits per heavy atom. The lowest BCUT2D eigenvalue weighted by molar-refractivity contribution is -0.139. The average Bonchev–Trinajstić information content (AvgIpc) is 2.71. The first-order chi connectivity index (χ1) is 13.1. The van der Waals surface area contributed by atoms with Crippen LogP contribution in [0.4, 0.5) is 0 Å². The number of amides is 1. The van der Waals surface area contributed by atoms with E-state index in [4.69, 9.17) is 4.74 Å². The highest BCUT2D eigenvalue weighted by Crippen LogP contribution is 2.40. The molecule has 3 rings (SSSR count). The molecule has 1 spiro atoms. The molecule has 2 aliphatic heterocycles. The van der Waals surface area contributed by atoms with Crippen molar-refractivity contribution in [3.63, 3.8) is 0 Å². The van der Waals surface area contributed by atoms with E-state index in [1.165, 1.54) is 0 Å².